The number of piperidine rings is 1. The average molecular weight is 242 g/mol. The maximum atomic E-state index is 5.11. The standard InChI is InChI=1S/C14H30N2O/c1-14(2,3)15-11-13-7-5-8-16(12-13)9-6-10-17-4/h13,15H,5-12H2,1-4H3. The lowest BCUT2D eigenvalue weighted by molar-refractivity contribution is 0.137. The van der Waals surface area contributed by atoms with Gasteiger partial charge in [-0.15, -0.1) is 0 Å². The van der Waals surface area contributed by atoms with Crippen LogP contribution in [0.5, 0.6) is 0 Å². The topological polar surface area (TPSA) is 24.5 Å². The minimum absolute atomic E-state index is 0.248. The second-order valence-electron chi connectivity index (χ2n) is 6.29. The van der Waals surface area contributed by atoms with E-state index in [1.165, 1.54) is 32.5 Å². The molecule has 1 atom stereocenters. The van der Waals surface area contributed by atoms with Crippen molar-refractivity contribution in [3.63, 3.8) is 0 Å². The summed E-state index contributed by atoms with van der Waals surface area (Å²) in [5, 5.41) is 3.63. The molecule has 1 heterocycles. The predicted molar refractivity (Wildman–Crippen MR) is 73.4 cm³/mol. The number of rotatable bonds is 6. The maximum Gasteiger partial charge on any atom is 0.0474 e. The first-order valence-corrected chi connectivity index (χ1v) is 6.97. The average Bonchev–Trinajstić information content (AvgIpc) is 2.27. The fraction of sp³-hybridized carbons (Fsp3) is 1.00. The molecule has 0 aromatic heterocycles. The number of nitrogens with one attached hydrogen (secondary N) is 1. The zero-order valence-electron chi connectivity index (χ0n) is 12.1. The smallest absolute Gasteiger partial charge is 0.0474 e. The third kappa shape index (κ3) is 7.02. The molecule has 102 valence electrons. The lowest BCUT2D eigenvalue weighted by atomic mass is 9.96. The molecular weight excluding hydrogens is 212 g/mol. The minimum atomic E-state index is 0.248. The van der Waals surface area contributed by atoms with Crippen LogP contribution in [0.15, 0.2) is 0 Å². The van der Waals surface area contributed by atoms with Crippen molar-refractivity contribution in [2.24, 2.45) is 5.92 Å². The van der Waals surface area contributed by atoms with Crippen LogP contribution in [0.2, 0.25) is 0 Å². The largest absolute Gasteiger partial charge is 0.385 e. The van der Waals surface area contributed by atoms with E-state index in [1.54, 1.807) is 7.11 Å². The Hall–Kier alpha value is -0.120. The summed E-state index contributed by atoms with van der Waals surface area (Å²) >= 11 is 0. The van der Waals surface area contributed by atoms with Gasteiger partial charge < -0.3 is 15.0 Å². The Morgan fingerprint density at radius 1 is 1.35 bits per heavy atom. The van der Waals surface area contributed by atoms with Crippen LogP contribution in [0.25, 0.3) is 0 Å². The number of methoxy groups -OCH3 is 1. The van der Waals surface area contributed by atoms with Gasteiger partial charge in [-0.2, -0.15) is 0 Å². The Bertz CT molecular complexity index is 201. The van der Waals surface area contributed by atoms with Crippen LogP contribution in [0.3, 0.4) is 0 Å². The van der Waals surface area contributed by atoms with Crippen molar-refractivity contribution in [1.29, 1.82) is 0 Å². The number of hydrogen-bond donors (Lipinski definition) is 1. The van der Waals surface area contributed by atoms with Gasteiger partial charge in [-0.25, -0.2) is 0 Å². The second kappa shape index (κ2) is 7.34. The van der Waals surface area contributed by atoms with Crippen molar-refractivity contribution in [1.82, 2.24) is 10.2 Å². The molecule has 3 nitrogen and oxygen atoms in total. The first-order chi connectivity index (χ1) is 8.01. The van der Waals surface area contributed by atoms with Crippen LogP contribution in [0.4, 0.5) is 0 Å². The number of ether oxygens (including phenoxy) is 1. The van der Waals surface area contributed by atoms with Crippen molar-refractivity contribution in [2.45, 2.75) is 45.6 Å². The third-order valence-electron chi connectivity index (χ3n) is 3.35. The maximum absolute atomic E-state index is 5.11. The molecular formula is C14H30N2O. The Morgan fingerprint density at radius 3 is 2.76 bits per heavy atom. The molecule has 0 bridgehead atoms. The summed E-state index contributed by atoms with van der Waals surface area (Å²) in [4.78, 5) is 2.59. The number of likely N-dealkylation sites (tertiary alicyclic amines) is 1. The van der Waals surface area contributed by atoms with Crippen LogP contribution in [0, 0.1) is 5.92 Å². The van der Waals surface area contributed by atoms with Gasteiger partial charge >= 0.3 is 0 Å². The molecule has 1 fully saturated rings. The third-order valence-corrected chi connectivity index (χ3v) is 3.35. The molecule has 17 heavy (non-hydrogen) atoms. The van der Waals surface area contributed by atoms with Crippen LogP contribution < -0.4 is 5.32 Å². The highest BCUT2D eigenvalue weighted by atomic mass is 16.5. The zero-order chi connectivity index (χ0) is 12.7. The van der Waals surface area contributed by atoms with Gasteiger partial charge in [-0.3, -0.25) is 0 Å². The van der Waals surface area contributed by atoms with E-state index >= 15 is 0 Å². The Kier molecular flexibility index (Phi) is 6.45. The first-order valence-electron chi connectivity index (χ1n) is 6.97. The molecule has 0 aliphatic carbocycles. The highest BCUT2D eigenvalue weighted by Crippen LogP contribution is 2.16. The highest BCUT2D eigenvalue weighted by Gasteiger charge is 2.20. The van der Waals surface area contributed by atoms with Gasteiger partial charge in [0.05, 0.1) is 0 Å². The molecule has 0 aromatic rings. The molecule has 1 aliphatic rings. The van der Waals surface area contributed by atoms with Crippen molar-refractivity contribution in [3.05, 3.63) is 0 Å². The molecule has 1 aliphatic heterocycles. The fourth-order valence-corrected chi connectivity index (χ4v) is 2.40. The van der Waals surface area contributed by atoms with Crippen LogP contribution in [-0.4, -0.2) is 50.3 Å². The molecule has 3 heteroatoms. The van der Waals surface area contributed by atoms with E-state index in [1.807, 2.05) is 0 Å². The van der Waals surface area contributed by atoms with E-state index < -0.39 is 0 Å². The van der Waals surface area contributed by atoms with Gasteiger partial charge in [-0.05, 0) is 59.0 Å². The molecule has 1 rings (SSSR count). The van der Waals surface area contributed by atoms with Gasteiger partial charge in [0.25, 0.3) is 0 Å². The van der Waals surface area contributed by atoms with Crippen molar-refractivity contribution in [2.75, 3.05) is 39.9 Å². The molecule has 1 unspecified atom stereocenters. The van der Waals surface area contributed by atoms with Crippen molar-refractivity contribution >= 4 is 0 Å². The minimum Gasteiger partial charge on any atom is -0.385 e. The Balaban J connectivity index is 2.19. The van der Waals surface area contributed by atoms with E-state index in [-0.39, 0.29) is 5.54 Å². The lowest BCUT2D eigenvalue weighted by Gasteiger charge is -2.34. The Labute approximate surface area is 107 Å². The van der Waals surface area contributed by atoms with Crippen LogP contribution >= 0.6 is 0 Å². The molecule has 1 N–H and O–H groups in total. The summed E-state index contributed by atoms with van der Waals surface area (Å²) < 4.78 is 5.11. The quantitative estimate of drug-likeness (QED) is 0.722. The van der Waals surface area contributed by atoms with Crippen molar-refractivity contribution < 1.29 is 4.74 Å². The molecule has 0 spiro atoms. The molecule has 0 aromatic carbocycles. The van der Waals surface area contributed by atoms with Crippen LogP contribution in [0.1, 0.15) is 40.0 Å². The zero-order valence-corrected chi connectivity index (χ0v) is 12.1. The van der Waals surface area contributed by atoms with Gasteiger partial charge in [-0.1, -0.05) is 0 Å². The molecule has 0 amide bonds. The van der Waals surface area contributed by atoms with E-state index in [4.69, 9.17) is 4.74 Å². The van der Waals surface area contributed by atoms with Crippen molar-refractivity contribution in [3.8, 4) is 0 Å². The molecule has 1 saturated heterocycles. The summed E-state index contributed by atoms with van der Waals surface area (Å²) in [5.41, 5.74) is 0.248. The van der Waals surface area contributed by atoms with E-state index in [2.05, 4.69) is 31.0 Å². The van der Waals surface area contributed by atoms with Crippen LogP contribution in [-0.2, 0) is 4.74 Å². The van der Waals surface area contributed by atoms with Gasteiger partial charge in [0.2, 0.25) is 0 Å². The summed E-state index contributed by atoms with van der Waals surface area (Å²) in [6.45, 7) is 12.5. The SMILES string of the molecule is COCCCN1CCCC(CNC(C)(C)C)C1. The summed E-state index contributed by atoms with van der Waals surface area (Å²) in [7, 11) is 1.78. The molecule has 0 radical (unpaired) electrons. The number of nitrogens with zero attached hydrogens (tertiary/aromatic N) is 1. The van der Waals surface area contributed by atoms with E-state index in [0.29, 0.717) is 0 Å². The normalized spacial score (nSPS) is 22.9. The summed E-state index contributed by atoms with van der Waals surface area (Å²) in [6.07, 6.45) is 3.89. The van der Waals surface area contributed by atoms with E-state index in [0.717, 1.165) is 25.5 Å². The monoisotopic (exact) mass is 242 g/mol. The fourth-order valence-electron chi connectivity index (χ4n) is 2.40. The summed E-state index contributed by atoms with van der Waals surface area (Å²) in [5.74, 6) is 0.825. The van der Waals surface area contributed by atoms with Gasteiger partial charge in [0.15, 0.2) is 0 Å². The summed E-state index contributed by atoms with van der Waals surface area (Å²) in [6, 6.07) is 0. The van der Waals surface area contributed by atoms with E-state index in [9.17, 15) is 0 Å². The predicted octanol–water partition coefficient (Wildman–Crippen LogP) is 2.12. The lowest BCUT2D eigenvalue weighted by Crippen LogP contribution is -2.44. The first kappa shape index (κ1) is 14.9. The molecule has 0 saturated carbocycles. The number of hydrogen-bond acceptors (Lipinski definition) is 3. The van der Waals surface area contributed by atoms with Gasteiger partial charge in [0.1, 0.15) is 0 Å². The second-order valence-corrected chi connectivity index (χ2v) is 6.29. The van der Waals surface area contributed by atoms with Gasteiger partial charge in [0, 0.05) is 32.3 Å². The highest BCUT2D eigenvalue weighted by molar-refractivity contribution is 4.78. The Morgan fingerprint density at radius 2 is 2.12 bits per heavy atom.